The molecule has 0 aromatic heterocycles. The minimum atomic E-state index is 0.964. The van der Waals surface area contributed by atoms with Gasteiger partial charge in [-0.1, -0.05) is 128 Å². The first-order chi connectivity index (χ1) is 19.4. The Kier molecular flexibility index (Phi) is 7.99. The summed E-state index contributed by atoms with van der Waals surface area (Å²) in [5.41, 5.74) is 12.5. The highest BCUT2D eigenvalue weighted by atomic mass is 14.2. The van der Waals surface area contributed by atoms with Crippen LogP contribution in [0.15, 0.2) is 128 Å². The highest BCUT2D eigenvalue weighted by Gasteiger charge is 2.15. The maximum Gasteiger partial charge on any atom is -0.00758 e. The normalized spacial score (nSPS) is 12.2. The lowest BCUT2D eigenvalue weighted by Gasteiger charge is -2.18. The molecular formula is C40H38. The van der Waals surface area contributed by atoms with Gasteiger partial charge in [0.2, 0.25) is 0 Å². The summed E-state index contributed by atoms with van der Waals surface area (Å²) in [6, 6.07) is 34.8. The first kappa shape index (κ1) is 27.2. The van der Waals surface area contributed by atoms with E-state index in [1.165, 1.54) is 66.1 Å². The summed E-state index contributed by atoms with van der Waals surface area (Å²) >= 11 is 0. The molecule has 0 aliphatic carbocycles. The number of hydrogen-bond acceptors (Lipinski definition) is 0. The van der Waals surface area contributed by atoms with E-state index in [-0.39, 0.29) is 0 Å². The van der Waals surface area contributed by atoms with Crippen molar-refractivity contribution in [2.75, 3.05) is 0 Å². The van der Waals surface area contributed by atoms with E-state index in [0.29, 0.717) is 0 Å². The molecule has 0 radical (unpaired) electrons. The van der Waals surface area contributed by atoms with Crippen LogP contribution in [0.2, 0.25) is 0 Å². The number of benzene rings is 5. The van der Waals surface area contributed by atoms with Crippen molar-refractivity contribution in [3.8, 4) is 0 Å². The van der Waals surface area contributed by atoms with Crippen LogP contribution in [0.5, 0.6) is 0 Å². The topological polar surface area (TPSA) is 0 Å². The van der Waals surface area contributed by atoms with Crippen molar-refractivity contribution in [2.24, 2.45) is 0 Å². The Bertz CT molecular complexity index is 1750. The largest absolute Gasteiger partial charge is 0.0955 e. The minimum absolute atomic E-state index is 0.964. The van der Waals surface area contributed by atoms with Crippen molar-refractivity contribution in [3.63, 3.8) is 0 Å². The van der Waals surface area contributed by atoms with Gasteiger partial charge in [-0.2, -0.15) is 0 Å². The van der Waals surface area contributed by atoms with E-state index in [1.54, 1.807) is 0 Å². The summed E-state index contributed by atoms with van der Waals surface area (Å²) in [5, 5.41) is 5.23. The Morgan fingerprint density at radius 1 is 0.600 bits per heavy atom. The predicted molar refractivity (Wildman–Crippen MR) is 178 cm³/mol. The van der Waals surface area contributed by atoms with E-state index in [2.05, 4.69) is 150 Å². The molecule has 0 heterocycles. The number of hydrogen-bond donors (Lipinski definition) is 0. The van der Waals surface area contributed by atoms with Gasteiger partial charge in [-0.15, -0.1) is 0 Å². The zero-order chi connectivity index (χ0) is 28.2. The van der Waals surface area contributed by atoms with Crippen LogP contribution in [-0.2, 0) is 6.42 Å². The van der Waals surface area contributed by atoms with Crippen LogP contribution >= 0.6 is 0 Å². The van der Waals surface area contributed by atoms with Gasteiger partial charge in [-0.05, 0) is 112 Å². The van der Waals surface area contributed by atoms with E-state index < -0.39 is 0 Å². The van der Waals surface area contributed by atoms with E-state index in [1.807, 2.05) is 0 Å². The first-order valence-electron chi connectivity index (χ1n) is 14.1. The number of aryl methyl sites for hydroxylation is 3. The summed E-state index contributed by atoms with van der Waals surface area (Å²) in [7, 11) is 0. The van der Waals surface area contributed by atoms with E-state index in [4.69, 9.17) is 0 Å². The van der Waals surface area contributed by atoms with E-state index >= 15 is 0 Å². The molecule has 0 spiro atoms. The van der Waals surface area contributed by atoms with Gasteiger partial charge in [0, 0.05) is 0 Å². The maximum atomic E-state index is 4.40. The lowest BCUT2D eigenvalue weighted by molar-refractivity contribution is 0.959. The van der Waals surface area contributed by atoms with Crippen molar-refractivity contribution < 1.29 is 0 Å². The third-order valence-electron chi connectivity index (χ3n) is 8.06. The molecule has 0 saturated heterocycles. The standard InChI is InChI=1S/C40H38/c1-27(2)40-38-21-13-11-19-35(38)37(36-20-12-14-22-39(36)40)26-24-31(6)34(33-18-10-8-16-29(33)4)25-23-30(5)32-17-9-7-15-28(32)3/h7-23,25H,1,5,24,26H2,2-4,6H3/b25-23-,34-31+. The van der Waals surface area contributed by atoms with Crippen LogP contribution in [0.3, 0.4) is 0 Å². The SMILES string of the molecule is C=C(/C=C\C(=C(\C)CCc1c2ccccc2c(C(=C)C)c2ccccc12)c1ccccc1C)c1ccccc1C. The second-order valence-electron chi connectivity index (χ2n) is 10.9. The molecule has 0 fully saturated rings. The van der Waals surface area contributed by atoms with Crippen molar-refractivity contribution in [2.45, 2.75) is 40.5 Å². The monoisotopic (exact) mass is 518 g/mol. The first-order valence-corrected chi connectivity index (χ1v) is 14.1. The summed E-state index contributed by atoms with van der Waals surface area (Å²) in [6.45, 7) is 17.5. The van der Waals surface area contributed by atoms with Crippen molar-refractivity contribution in [3.05, 3.63) is 161 Å². The maximum absolute atomic E-state index is 4.40. The summed E-state index contributed by atoms with van der Waals surface area (Å²) in [5.74, 6) is 0. The van der Waals surface area contributed by atoms with Crippen LogP contribution in [0, 0.1) is 13.8 Å². The summed E-state index contributed by atoms with van der Waals surface area (Å²) in [6.07, 6.45) is 6.38. The molecule has 0 bridgehead atoms. The smallest absolute Gasteiger partial charge is 0.00758 e. The zero-order valence-corrected chi connectivity index (χ0v) is 24.2. The third kappa shape index (κ3) is 5.36. The fourth-order valence-electron chi connectivity index (χ4n) is 5.94. The highest BCUT2D eigenvalue weighted by Crippen LogP contribution is 2.37. The van der Waals surface area contributed by atoms with Crippen molar-refractivity contribution >= 4 is 38.3 Å². The summed E-state index contributed by atoms with van der Waals surface area (Å²) in [4.78, 5) is 0. The average molecular weight is 519 g/mol. The van der Waals surface area contributed by atoms with Crippen LogP contribution in [0.25, 0.3) is 38.3 Å². The Morgan fingerprint density at radius 3 is 1.60 bits per heavy atom. The summed E-state index contributed by atoms with van der Waals surface area (Å²) < 4.78 is 0. The molecule has 198 valence electrons. The quantitative estimate of drug-likeness (QED) is 0.141. The third-order valence-corrected chi connectivity index (χ3v) is 8.06. The Morgan fingerprint density at radius 2 is 1.07 bits per heavy atom. The molecule has 5 aromatic carbocycles. The molecule has 0 N–H and O–H groups in total. The van der Waals surface area contributed by atoms with Crippen molar-refractivity contribution in [1.29, 1.82) is 0 Å². The fraction of sp³-hybridized carbons (Fsp3) is 0.150. The van der Waals surface area contributed by atoms with Gasteiger partial charge >= 0.3 is 0 Å². The van der Waals surface area contributed by atoms with E-state index in [0.717, 1.165) is 24.0 Å². The molecule has 0 amide bonds. The molecule has 0 nitrogen and oxygen atoms in total. The molecule has 5 aromatic rings. The van der Waals surface area contributed by atoms with Crippen LogP contribution in [0.4, 0.5) is 0 Å². The molecule has 0 saturated carbocycles. The number of allylic oxidation sites excluding steroid dienone is 6. The molecule has 0 aliphatic heterocycles. The molecular weight excluding hydrogens is 480 g/mol. The Hall–Kier alpha value is -4.42. The van der Waals surface area contributed by atoms with Crippen LogP contribution in [0.1, 0.15) is 53.6 Å². The lowest BCUT2D eigenvalue weighted by Crippen LogP contribution is -1.97. The number of rotatable bonds is 8. The van der Waals surface area contributed by atoms with Crippen LogP contribution < -0.4 is 0 Å². The molecule has 0 unspecified atom stereocenters. The zero-order valence-electron chi connectivity index (χ0n) is 24.2. The van der Waals surface area contributed by atoms with Crippen molar-refractivity contribution in [1.82, 2.24) is 0 Å². The fourth-order valence-corrected chi connectivity index (χ4v) is 5.94. The lowest BCUT2D eigenvalue weighted by atomic mass is 9.86. The van der Waals surface area contributed by atoms with Crippen LogP contribution in [-0.4, -0.2) is 0 Å². The van der Waals surface area contributed by atoms with Gasteiger partial charge in [0.05, 0.1) is 0 Å². The second kappa shape index (κ2) is 11.8. The van der Waals surface area contributed by atoms with Gasteiger partial charge in [-0.3, -0.25) is 0 Å². The Balaban J connectivity index is 1.59. The highest BCUT2D eigenvalue weighted by molar-refractivity contribution is 6.11. The molecule has 0 atom stereocenters. The van der Waals surface area contributed by atoms with Gasteiger partial charge in [0.25, 0.3) is 0 Å². The van der Waals surface area contributed by atoms with Gasteiger partial charge < -0.3 is 0 Å². The minimum Gasteiger partial charge on any atom is -0.0955 e. The van der Waals surface area contributed by atoms with Gasteiger partial charge in [0.1, 0.15) is 0 Å². The van der Waals surface area contributed by atoms with E-state index in [9.17, 15) is 0 Å². The molecule has 5 rings (SSSR count). The van der Waals surface area contributed by atoms with Gasteiger partial charge in [-0.25, -0.2) is 0 Å². The predicted octanol–water partition coefficient (Wildman–Crippen LogP) is 11.3. The molecule has 0 heteroatoms. The number of fused-ring (bicyclic) bond motifs is 2. The second-order valence-corrected chi connectivity index (χ2v) is 10.9. The molecule has 40 heavy (non-hydrogen) atoms. The molecule has 0 aliphatic rings. The average Bonchev–Trinajstić information content (AvgIpc) is 2.96. The Labute approximate surface area is 239 Å². The van der Waals surface area contributed by atoms with Gasteiger partial charge in [0.15, 0.2) is 0 Å².